The standard InChI is InChI=1S/C55H38/c1-55(2)49-30-15-14-29-46(49)53-43-26-11-10-25-42(43)48(34-50(53)55)41-24-9-8-22-39(41)37-20-16-21-38(33-37)51-44-27-12-13-28-45(44)52(36-18-4-3-5-19-36)54-40-23-7-6-17-35(40)31-32-47(51)54/h3-34H,1-2H3. The fraction of sp³-hybridized carbons (Fsp3) is 0.0545. The van der Waals surface area contributed by atoms with Crippen molar-refractivity contribution in [3.05, 3.63) is 205 Å². The number of hydrogen-bond acceptors (Lipinski definition) is 0. The highest BCUT2D eigenvalue weighted by molar-refractivity contribution is 6.28. The van der Waals surface area contributed by atoms with Crippen LogP contribution in [0.1, 0.15) is 25.0 Å². The molecule has 0 fully saturated rings. The Morgan fingerprint density at radius 3 is 1.64 bits per heavy atom. The summed E-state index contributed by atoms with van der Waals surface area (Å²) >= 11 is 0. The van der Waals surface area contributed by atoms with Crippen molar-refractivity contribution < 1.29 is 0 Å². The molecule has 1 aliphatic carbocycles. The lowest BCUT2D eigenvalue weighted by molar-refractivity contribution is 0.661. The number of hydrogen-bond donors (Lipinski definition) is 0. The zero-order valence-electron chi connectivity index (χ0n) is 31.0. The van der Waals surface area contributed by atoms with Gasteiger partial charge in [-0.15, -0.1) is 0 Å². The Bertz CT molecular complexity index is 3160. The fourth-order valence-corrected chi connectivity index (χ4v) is 9.75. The Balaban J connectivity index is 1.17. The molecule has 0 radical (unpaired) electrons. The minimum Gasteiger partial charge on any atom is -0.0622 e. The molecule has 11 rings (SSSR count). The van der Waals surface area contributed by atoms with Gasteiger partial charge in [0, 0.05) is 5.41 Å². The molecule has 0 N–H and O–H groups in total. The lowest BCUT2D eigenvalue weighted by Gasteiger charge is -2.23. The van der Waals surface area contributed by atoms with Crippen molar-refractivity contribution in [2.75, 3.05) is 0 Å². The number of fused-ring (bicyclic) bond motifs is 9. The van der Waals surface area contributed by atoms with Crippen molar-refractivity contribution in [3.8, 4) is 55.6 Å². The summed E-state index contributed by atoms with van der Waals surface area (Å²) in [5, 5.41) is 10.3. The van der Waals surface area contributed by atoms with Crippen LogP contribution < -0.4 is 0 Å². The van der Waals surface area contributed by atoms with Gasteiger partial charge in [-0.05, 0) is 122 Å². The van der Waals surface area contributed by atoms with Gasteiger partial charge in [0.15, 0.2) is 0 Å². The summed E-state index contributed by atoms with van der Waals surface area (Å²) in [6.07, 6.45) is 0. The van der Waals surface area contributed by atoms with E-state index in [9.17, 15) is 0 Å². The molecule has 0 bridgehead atoms. The third-order valence-corrected chi connectivity index (χ3v) is 12.2. The van der Waals surface area contributed by atoms with Crippen LogP contribution in [-0.4, -0.2) is 0 Å². The number of rotatable bonds is 4. The first-order valence-electron chi connectivity index (χ1n) is 19.4. The molecule has 0 saturated heterocycles. The van der Waals surface area contributed by atoms with Crippen LogP contribution in [0.5, 0.6) is 0 Å². The van der Waals surface area contributed by atoms with Crippen molar-refractivity contribution in [3.63, 3.8) is 0 Å². The summed E-state index contributed by atoms with van der Waals surface area (Å²) in [4.78, 5) is 0. The predicted octanol–water partition coefficient (Wildman–Crippen LogP) is 15.3. The maximum absolute atomic E-state index is 2.49. The van der Waals surface area contributed by atoms with Gasteiger partial charge in [0.05, 0.1) is 0 Å². The molecular formula is C55H38. The molecule has 0 heterocycles. The monoisotopic (exact) mass is 698 g/mol. The average Bonchev–Trinajstić information content (AvgIpc) is 3.48. The third kappa shape index (κ3) is 4.71. The third-order valence-electron chi connectivity index (χ3n) is 12.2. The lowest BCUT2D eigenvalue weighted by atomic mass is 9.79. The van der Waals surface area contributed by atoms with Crippen LogP contribution in [0, 0.1) is 0 Å². The van der Waals surface area contributed by atoms with Gasteiger partial charge in [0.25, 0.3) is 0 Å². The maximum atomic E-state index is 2.49. The highest BCUT2D eigenvalue weighted by Gasteiger charge is 2.37. The molecule has 10 aromatic carbocycles. The summed E-state index contributed by atoms with van der Waals surface area (Å²) in [7, 11) is 0. The Hall–Kier alpha value is -6.76. The zero-order valence-corrected chi connectivity index (χ0v) is 31.0. The first-order valence-corrected chi connectivity index (χ1v) is 19.4. The van der Waals surface area contributed by atoms with E-state index in [4.69, 9.17) is 0 Å². The quantitative estimate of drug-likeness (QED) is 0.127. The van der Waals surface area contributed by atoms with E-state index in [0.29, 0.717) is 0 Å². The van der Waals surface area contributed by atoms with Gasteiger partial charge >= 0.3 is 0 Å². The molecule has 1 aliphatic rings. The van der Waals surface area contributed by atoms with E-state index in [1.807, 2.05) is 0 Å². The highest BCUT2D eigenvalue weighted by Crippen LogP contribution is 2.54. The Labute approximate surface area is 322 Å². The van der Waals surface area contributed by atoms with Crippen molar-refractivity contribution in [1.82, 2.24) is 0 Å². The van der Waals surface area contributed by atoms with Crippen molar-refractivity contribution in [1.29, 1.82) is 0 Å². The van der Waals surface area contributed by atoms with Gasteiger partial charge < -0.3 is 0 Å². The largest absolute Gasteiger partial charge is 0.0622 e. The van der Waals surface area contributed by atoms with Gasteiger partial charge in [-0.1, -0.05) is 196 Å². The van der Waals surface area contributed by atoms with E-state index in [1.165, 1.54) is 110 Å². The van der Waals surface area contributed by atoms with Gasteiger partial charge in [0.2, 0.25) is 0 Å². The summed E-state index contributed by atoms with van der Waals surface area (Å²) in [5.41, 5.74) is 15.5. The van der Waals surface area contributed by atoms with Gasteiger partial charge in [-0.2, -0.15) is 0 Å². The minimum atomic E-state index is -0.0994. The SMILES string of the molecule is CC1(C)c2ccccc2-c2c1cc(-c1ccccc1-c1cccc(-c3c4ccccc4c(-c4ccccc4)c4c3ccc3ccccc34)c1)c1ccccc21. The molecule has 0 unspecified atom stereocenters. The molecule has 0 heteroatoms. The van der Waals surface area contributed by atoms with E-state index >= 15 is 0 Å². The molecule has 55 heavy (non-hydrogen) atoms. The zero-order chi connectivity index (χ0) is 36.7. The Kier molecular flexibility index (Phi) is 7.00. The van der Waals surface area contributed by atoms with Gasteiger partial charge in [-0.3, -0.25) is 0 Å². The summed E-state index contributed by atoms with van der Waals surface area (Å²) in [6, 6.07) is 72.1. The van der Waals surface area contributed by atoms with Crippen molar-refractivity contribution in [2.24, 2.45) is 0 Å². The topological polar surface area (TPSA) is 0 Å². The molecule has 0 atom stereocenters. The van der Waals surface area contributed by atoms with Crippen LogP contribution in [0.3, 0.4) is 0 Å². The van der Waals surface area contributed by atoms with E-state index in [1.54, 1.807) is 0 Å². The summed E-state index contributed by atoms with van der Waals surface area (Å²) < 4.78 is 0. The second-order valence-corrected chi connectivity index (χ2v) is 15.6. The van der Waals surface area contributed by atoms with Crippen LogP contribution in [0.2, 0.25) is 0 Å². The summed E-state index contributed by atoms with van der Waals surface area (Å²) in [6.45, 7) is 4.76. The van der Waals surface area contributed by atoms with Crippen LogP contribution in [-0.2, 0) is 5.41 Å². The molecule has 0 amide bonds. The maximum Gasteiger partial charge on any atom is 0.0159 e. The van der Waals surface area contributed by atoms with Crippen LogP contribution in [0.25, 0.3) is 98.7 Å². The fourth-order valence-electron chi connectivity index (χ4n) is 9.75. The molecule has 10 aromatic rings. The summed E-state index contributed by atoms with van der Waals surface area (Å²) in [5.74, 6) is 0. The minimum absolute atomic E-state index is 0.0994. The predicted molar refractivity (Wildman–Crippen MR) is 236 cm³/mol. The Morgan fingerprint density at radius 2 is 0.855 bits per heavy atom. The molecular weight excluding hydrogens is 661 g/mol. The second-order valence-electron chi connectivity index (χ2n) is 15.6. The molecule has 0 saturated carbocycles. The van der Waals surface area contributed by atoms with E-state index < -0.39 is 0 Å². The molecule has 0 aliphatic heterocycles. The molecule has 0 spiro atoms. The smallest absolute Gasteiger partial charge is 0.0159 e. The van der Waals surface area contributed by atoms with Gasteiger partial charge in [0.1, 0.15) is 0 Å². The van der Waals surface area contributed by atoms with Crippen molar-refractivity contribution >= 4 is 43.1 Å². The molecule has 0 nitrogen and oxygen atoms in total. The second kappa shape index (κ2) is 12.1. The highest BCUT2D eigenvalue weighted by atomic mass is 14.4. The van der Waals surface area contributed by atoms with Crippen LogP contribution in [0.15, 0.2) is 194 Å². The molecule has 258 valence electrons. The van der Waals surface area contributed by atoms with E-state index in [-0.39, 0.29) is 5.41 Å². The average molecular weight is 699 g/mol. The first kappa shape index (κ1) is 31.7. The van der Waals surface area contributed by atoms with Crippen molar-refractivity contribution in [2.45, 2.75) is 19.3 Å². The van der Waals surface area contributed by atoms with Crippen LogP contribution >= 0.6 is 0 Å². The van der Waals surface area contributed by atoms with E-state index in [2.05, 4.69) is 208 Å². The molecule has 0 aromatic heterocycles. The first-order chi connectivity index (χ1) is 27.1. The van der Waals surface area contributed by atoms with Crippen LogP contribution in [0.4, 0.5) is 0 Å². The lowest BCUT2D eigenvalue weighted by Crippen LogP contribution is -2.15. The number of benzene rings is 10. The van der Waals surface area contributed by atoms with Gasteiger partial charge in [-0.25, -0.2) is 0 Å². The van der Waals surface area contributed by atoms with E-state index in [0.717, 1.165) is 0 Å². The Morgan fingerprint density at radius 1 is 0.291 bits per heavy atom. The normalized spacial score (nSPS) is 13.1.